The van der Waals surface area contributed by atoms with E-state index in [9.17, 15) is 0 Å². The fourth-order valence-electron chi connectivity index (χ4n) is 3.04. The molecule has 0 bridgehead atoms. The lowest BCUT2D eigenvalue weighted by molar-refractivity contribution is 0.479. The molecule has 0 unspecified atom stereocenters. The Morgan fingerprint density at radius 1 is 1.23 bits per heavy atom. The standard InChI is InChI=1S/C18H29N3.HI/c1-5-19-17(21-12-8-9-13-21)20-14-18(3,4)16-11-7-6-10-15(16)2;/h6-7,10-11H,5,8-9,12-14H2,1-4H3,(H,19,20);1H. The highest BCUT2D eigenvalue weighted by atomic mass is 127. The summed E-state index contributed by atoms with van der Waals surface area (Å²) >= 11 is 0. The van der Waals surface area contributed by atoms with Gasteiger partial charge in [0.15, 0.2) is 5.96 Å². The molecule has 0 aliphatic carbocycles. The third-order valence-corrected chi connectivity index (χ3v) is 4.24. The zero-order valence-electron chi connectivity index (χ0n) is 14.4. The van der Waals surface area contributed by atoms with Crippen LogP contribution in [0.3, 0.4) is 0 Å². The molecule has 1 aromatic rings. The van der Waals surface area contributed by atoms with Crippen LogP contribution in [0.5, 0.6) is 0 Å². The van der Waals surface area contributed by atoms with Gasteiger partial charge in [-0.15, -0.1) is 24.0 Å². The molecule has 124 valence electrons. The molecule has 1 aromatic carbocycles. The zero-order valence-corrected chi connectivity index (χ0v) is 16.7. The average molecular weight is 415 g/mol. The van der Waals surface area contributed by atoms with Crippen molar-refractivity contribution in [2.45, 2.75) is 46.0 Å². The van der Waals surface area contributed by atoms with Crippen molar-refractivity contribution in [3.8, 4) is 0 Å². The summed E-state index contributed by atoms with van der Waals surface area (Å²) in [6.07, 6.45) is 2.57. The second-order valence-corrected chi connectivity index (χ2v) is 6.56. The van der Waals surface area contributed by atoms with Crippen LogP contribution in [0.15, 0.2) is 29.3 Å². The first-order valence-corrected chi connectivity index (χ1v) is 8.14. The maximum atomic E-state index is 4.92. The Balaban J connectivity index is 0.00000242. The summed E-state index contributed by atoms with van der Waals surface area (Å²) in [5, 5.41) is 3.44. The molecule has 0 amide bonds. The smallest absolute Gasteiger partial charge is 0.193 e. The fourth-order valence-corrected chi connectivity index (χ4v) is 3.04. The number of benzene rings is 1. The minimum Gasteiger partial charge on any atom is -0.357 e. The fraction of sp³-hybridized carbons (Fsp3) is 0.611. The highest BCUT2D eigenvalue weighted by molar-refractivity contribution is 14.0. The van der Waals surface area contributed by atoms with Crippen LogP contribution in [0.1, 0.15) is 44.7 Å². The van der Waals surface area contributed by atoms with Gasteiger partial charge in [0, 0.05) is 25.0 Å². The Kier molecular flexibility index (Phi) is 7.66. The molecule has 2 rings (SSSR count). The van der Waals surface area contributed by atoms with Crippen molar-refractivity contribution in [1.29, 1.82) is 0 Å². The van der Waals surface area contributed by atoms with E-state index in [2.05, 4.69) is 62.2 Å². The molecule has 4 heteroatoms. The Bertz CT molecular complexity index is 491. The van der Waals surface area contributed by atoms with E-state index in [1.54, 1.807) is 0 Å². The normalized spacial score (nSPS) is 15.6. The highest BCUT2D eigenvalue weighted by Crippen LogP contribution is 2.26. The summed E-state index contributed by atoms with van der Waals surface area (Å²) in [6.45, 7) is 12.9. The molecule has 0 aromatic heterocycles. The summed E-state index contributed by atoms with van der Waals surface area (Å²) in [5.74, 6) is 1.08. The molecule has 0 saturated carbocycles. The van der Waals surface area contributed by atoms with Gasteiger partial charge in [-0.05, 0) is 37.8 Å². The van der Waals surface area contributed by atoms with Crippen LogP contribution in [0.25, 0.3) is 0 Å². The lowest BCUT2D eigenvalue weighted by Gasteiger charge is -2.27. The van der Waals surface area contributed by atoms with Gasteiger partial charge in [-0.1, -0.05) is 38.1 Å². The molecule has 1 aliphatic rings. The number of aryl methyl sites for hydroxylation is 1. The minimum absolute atomic E-state index is 0. The van der Waals surface area contributed by atoms with Gasteiger partial charge in [0.2, 0.25) is 0 Å². The summed E-state index contributed by atoms with van der Waals surface area (Å²) in [4.78, 5) is 7.30. The molecule has 1 heterocycles. The largest absolute Gasteiger partial charge is 0.357 e. The van der Waals surface area contributed by atoms with E-state index in [4.69, 9.17) is 4.99 Å². The second kappa shape index (κ2) is 8.75. The van der Waals surface area contributed by atoms with E-state index >= 15 is 0 Å². The van der Waals surface area contributed by atoms with Crippen LogP contribution in [0.2, 0.25) is 0 Å². The van der Waals surface area contributed by atoms with Gasteiger partial charge in [0.1, 0.15) is 0 Å². The third kappa shape index (κ3) is 4.86. The van der Waals surface area contributed by atoms with Crippen LogP contribution in [0, 0.1) is 6.92 Å². The summed E-state index contributed by atoms with van der Waals surface area (Å²) < 4.78 is 0. The summed E-state index contributed by atoms with van der Waals surface area (Å²) in [7, 11) is 0. The van der Waals surface area contributed by atoms with Crippen LogP contribution in [0.4, 0.5) is 0 Å². The number of rotatable bonds is 4. The Morgan fingerprint density at radius 2 is 1.86 bits per heavy atom. The number of guanidine groups is 1. The number of halogens is 1. The van der Waals surface area contributed by atoms with Gasteiger partial charge in [-0.25, -0.2) is 0 Å². The minimum atomic E-state index is 0. The van der Waals surface area contributed by atoms with Gasteiger partial charge in [0.05, 0.1) is 6.54 Å². The predicted molar refractivity (Wildman–Crippen MR) is 106 cm³/mol. The van der Waals surface area contributed by atoms with Crippen molar-refractivity contribution < 1.29 is 0 Å². The molecular formula is C18H30IN3. The molecule has 1 aliphatic heterocycles. The van der Waals surface area contributed by atoms with Gasteiger partial charge in [-0.2, -0.15) is 0 Å². The molecule has 1 N–H and O–H groups in total. The number of nitrogens with zero attached hydrogens (tertiary/aromatic N) is 2. The number of nitrogens with one attached hydrogen (secondary N) is 1. The average Bonchev–Trinajstić information content (AvgIpc) is 2.97. The first kappa shape index (κ1) is 19.3. The number of aliphatic imine (C=N–C) groups is 1. The number of likely N-dealkylation sites (tertiary alicyclic amines) is 1. The van der Waals surface area contributed by atoms with Gasteiger partial charge >= 0.3 is 0 Å². The first-order chi connectivity index (χ1) is 10.0. The van der Waals surface area contributed by atoms with E-state index in [-0.39, 0.29) is 29.4 Å². The van der Waals surface area contributed by atoms with Crippen molar-refractivity contribution >= 4 is 29.9 Å². The van der Waals surface area contributed by atoms with Crippen LogP contribution in [-0.2, 0) is 5.41 Å². The molecule has 1 saturated heterocycles. The molecule has 0 atom stereocenters. The van der Waals surface area contributed by atoms with E-state index in [1.165, 1.54) is 24.0 Å². The van der Waals surface area contributed by atoms with E-state index in [0.717, 1.165) is 32.1 Å². The van der Waals surface area contributed by atoms with Crippen molar-refractivity contribution in [2.75, 3.05) is 26.2 Å². The quantitative estimate of drug-likeness (QED) is 0.458. The first-order valence-electron chi connectivity index (χ1n) is 8.14. The van der Waals surface area contributed by atoms with Gasteiger partial charge < -0.3 is 10.2 Å². The van der Waals surface area contributed by atoms with E-state index < -0.39 is 0 Å². The summed E-state index contributed by atoms with van der Waals surface area (Å²) in [5.41, 5.74) is 2.81. The molecule has 0 radical (unpaired) electrons. The number of hydrogen-bond acceptors (Lipinski definition) is 1. The monoisotopic (exact) mass is 415 g/mol. The lowest BCUT2D eigenvalue weighted by atomic mass is 9.82. The van der Waals surface area contributed by atoms with Gasteiger partial charge in [0.25, 0.3) is 0 Å². The van der Waals surface area contributed by atoms with Crippen molar-refractivity contribution in [1.82, 2.24) is 10.2 Å². The number of hydrogen-bond donors (Lipinski definition) is 1. The Labute approximate surface area is 152 Å². The molecule has 3 nitrogen and oxygen atoms in total. The molecule has 22 heavy (non-hydrogen) atoms. The van der Waals surface area contributed by atoms with E-state index in [1.807, 2.05) is 0 Å². The van der Waals surface area contributed by atoms with Crippen molar-refractivity contribution in [3.63, 3.8) is 0 Å². The van der Waals surface area contributed by atoms with Crippen LogP contribution >= 0.6 is 24.0 Å². The SMILES string of the molecule is CCNC(=NCC(C)(C)c1ccccc1C)N1CCCC1.I. The predicted octanol–water partition coefficient (Wildman–Crippen LogP) is 3.95. The van der Waals surface area contributed by atoms with Crippen molar-refractivity contribution in [2.24, 2.45) is 4.99 Å². The van der Waals surface area contributed by atoms with Crippen molar-refractivity contribution in [3.05, 3.63) is 35.4 Å². The maximum Gasteiger partial charge on any atom is 0.193 e. The second-order valence-electron chi connectivity index (χ2n) is 6.56. The van der Waals surface area contributed by atoms with E-state index in [0.29, 0.717) is 0 Å². The van der Waals surface area contributed by atoms with Crippen LogP contribution < -0.4 is 5.32 Å². The van der Waals surface area contributed by atoms with Crippen LogP contribution in [-0.4, -0.2) is 37.0 Å². The third-order valence-electron chi connectivity index (χ3n) is 4.24. The summed E-state index contributed by atoms with van der Waals surface area (Å²) in [6, 6.07) is 8.64. The Hall–Kier alpha value is -0.780. The zero-order chi connectivity index (χ0) is 15.3. The molecule has 1 fully saturated rings. The maximum absolute atomic E-state index is 4.92. The Morgan fingerprint density at radius 3 is 2.45 bits per heavy atom. The lowest BCUT2D eigenvalue weighted by Crippen LogP contribution is -2.40. The molecule has 0 spiro atoms. The van der Waals surface area contributed by atoms with Gasteiger partial charge in [-0.3, -0.25) is 4.99 Å². The molecular weight excluding hydrogens is 385 g/mol. The highest BCUT2D eigenvalue weighted by Gasteiger charge is 2.23. The topological polar surface area (TPSA) is 27.6 Å².